The molecule has 1 aliphatic rings. The summed E-state index contributed by atoms with van der Waals surface area (Å²) in [4.78, 5) is 10.1. The van der Waals surface area contributed by atoms with Crippen LogP contribution in [0.4, 0.5) is 0 Å². The van der Waals surface area contributed by atoms with Crippen LogP contribution in [-0.4, -0.2) is 11.1 Å². The summed E-state index contributed by atoms with van der Waals surface area (Å²) < 4.78 is 0. The van der Waals surface area contributed by atoms with Crippen molar-refractivity contribution in [2.45, 2.75) is 38.5 Å². The topological polar surface area (TPSA) is 37.3 Å². The Balaban J connectivity index is 1.89. The highest BCUT2D eigenvalue weighted by molar-refractivity contribution is 5.66. The maximum Gasteiger partial charge on any atom is 0.303 e. The molecule has 58 valence electrons. The predicted octanol–water partition coefficient (Wildman–Crippen LogP) is 2.04. The van der Waals surface area contributed by atoms with E-state index in [0.29, 0.717) is 6.42 Å². The molecule has 0 bridgehead atoms. The van der Waals surface area contributed by atoms with E-state index in [1.807, 2.05) is 0 Å². The fourth-order valence-corrected chi connectivity index (χ4v) is 1.32. The standard InChI is InChI=1S/C8H14O2/c9-8(10)6-2-5-7-3-1-4-7/h7H,1-6H2,(H,9,10). The van der Waals surface area contributed by atoms with Crippen LogP contribution >= 0.6 is 0 Å². The van der Waals surface area contributed by atoms with Crippen molar-refractivity contribution >= 4 is 5.97 Å². The van der Waals surface area contributed by atoms with Crippen LogP contribution in [0.3, 0.4) is 0 Å². The van der Waals surface area contributed by atoms with E-state index in [1.165, 1.54) is 19.3 Å². The van der Waals surface area contributed by atoms with Gasteiger partial charge in [-0.3, -0.25) is 4.79 Å². The molecule has 0 aromatic heterocycles. The smallest absolute Gasteiger partial charge is 0.303 e. The normalized spacial score (nSPS) is 18.4. The minimum absolute atomic E-state index is 0.358. The van der Waals surface area contributed by atoms with Crippen molar-refractivity contribution in [2.24, 2.45) is 5.92 Å². The third-order valence-electron chi connectivity index (χ3n) is 2.23. The van der Waals surface area contributed by atoms with E-state index >= 15 is 0 Å². The number of carbonyl (C=O) groups is 1. The van der Waals surface area contributed by atoms with Crippen molar-refractivity contribution in [1.29, 1.82) is 0 Å². The summed E-state index contributed by atoms with van der Waals surface area (Å²) in [7, 11) is 0. The molecule has 0 spiro atoms. The first kappa shape index (κ1) is 7.58. The highest BCUT2D eigenvalue weighted by atomic mass is 16.4. The molecule has 2 nitrogen and oxygen atoms in total. The van der Waals surface area contributed by atoms with Gasteiger partial charge in [-0.25, -0.2) is 0 Å². The van der Waals surface area contributed by atoms with E-state index in [0.717, 1.165) is 18.8 Å². The van der Waals surface area contributed by atoms with Gasteiger partial charge in [0.25, 0.3) is 0 Å². The van der Waals surface area contributed by atoms with Crippen molar-refractivity contribution in [3.8, 4) is 0 Å². The van der Waals surface area contributed by atoms with Gasteiger partial charge in [0, 0.05) is 6.42 Å². The summed E-state index contributed by atoms with van der Waals surface area (Å²) in [6.45, 7) is 0. The lowest BCUT2D eigenvalue weighted by Gasteiger charge is -2.24. The summed E-state index contributed by atoms with van der Waals surface area (Å²) >= 11 is 0. The lowest BCUT2D eigenvalue weighted by molar-refractivity contribution is -0.137. The van der Waals surface area contributed by atoms with Crippen molar-refractivity contribution in [3.05, 3.63) is 0 Å². The van der Waals surface area contributed by atoms with E-state index in [1.54, 1.807) is 0 Å². The third-order valence-corrected chi connectivity index (χ3v) is 2.23. The molecule has 0 radical (unpaired) electrons. The number of hydrogen-bond acceptors (Lipinski definition) is 1. The van der Waals surface area contributed by atoms with Gasteiger partial charge in [0.15, 0.2) is 0 Å². The first-order chi connectivity index (χ1) is 4.79. The molecule has 0 amide bonds. The molecule has 0 aromatic rings. The minimum atomic E-state index is -0.653. The lowest BCUT2D eigenvalue weighted by atomic mass is 9.82. The monoisotopic (exact) mass is 142 g/mol. The maximum atomic E-state index is 10.1. The van der Waals surface area contributed by atoms with Crippen molar-refractivity contribution in [3.63, 3.8) is 0 Å². The molecule has 10 heavy (non-hydrogen) atoms. The van der Waals surface area contributed by atoms with Crippen LogP contribution in [0.1, 0.15) is 38.5 Å². The minimum Gasteiger partial charge on any atom is -0.481 e. The fraction of sp³-hybridized carbons (Fsp3) is 0.875. The average Bonchev–Trinajstić information content (AvgIpc) is 1.75. The van der Waals surface area contributed by atoms with Gasteiger partial charge in [-0.2, -0.15) is 0 Å². The molecule has 1 rings (SSSR count). The molecule has 0 atom stereocenters. The first-order valence-corrected chi connectivity index (χ1v) is 4.01. The van der Waals surface area contributed by atoms with E-state index in [2.05, 4.69) is 0 Å². The second kappa shape index (κ2) is 3.59. The van der Waals surface area contributed by atoms with Gasteiger partial charge in [0.1, 0.15) is 0 Å². The summed E-state index contributed by atoms with van der Waals surface area (Å²) in [5.74, 6) is 0.207. The molecular formula is C8H14O2. The molecule has 1 saturated carbocycles. The van der Waals surface area contributed by atoms with Crippen molar-refractivity contribution in [1.82, 2.24) is 0 Å². The zero-order valence-electron chi connectivity index (χ0n) is 6.18. The second-order valence-electron chi connectivity index (χ2n) is 3.08. The van der Waals surface area contributed by atoms with E-state index in [-0.39, 0.29) is 0 Å². The Labute approximate surface area is 61.2 Å². The van der Waals surface area contributed by atoms with Gasteiger partial charge in [-0.15, -0.1) is 0 Å². The molecule has 0 heterocycles. The summed E-state index contributed by atoms with van der Waals surface area (Å²) in [6.07, 6.45) is 6.39. The van der Waals surface area contributed by atoms with Gasteiger partial charge in [0.2, 0.25) is 0 Å². The Hall–Kier alpha value is -0.530. The third kappa shape index (κ3) is 2.38. The largest absolute Gasteiger partial charge is 0.481 e. The summed E-state index contributed by atoms with van der Waals surface area (Å²) in [6, 6.07) is 0. The van der Waals surface area contributed by atoms with Gasteiger partial charge >= 0.3 is 5.97 Å². The van der Waals surface area contributed by atoms with Crippen LogP contribution in [0.15, 0.2) is 0 Å². The Morgan fingerprint density at radius 3 is 2.60 bits per heavy atom. The van der Waals surface area contributed by atoms with Crippen LogP contribution in [0, 0.1) is 5.92 Å². The summed E-state index contributed by atoms with van der Waals surface area (Å²) in [5, 5.41) is 8.32. The number of carboxylic acid groups (broad SMARTS) is 1. The molecule has 1 fully saturated rings. The number of rotatable bonds is 4. The van der Waals surface area contributed by atoms with Crippen LogP contribution in [0.25, 0.3) is 0 Å². The zero-order valence-corrected chi connectivity index (χ0v) is 6.18. The van der Waals surface area contributed by atoms with E-state index < -0.39 is 5.97 Å². The zero-order chi connectivity index (χ0) is 7.40. The Kier molecular flexibility index (Phi) is 2.72. The second-order valence-corrected chi connectivity index (χ2v) is 3.08. The first-order valence-electron chi connectivity index (χ1n) is 4.01. The maximum absolute atomic E-state index is 10.1. The Morgan fingerprint density at radius 2 is 2.20 bits per heavy atom. The fourth-order valence-electron chi connectivity index (χ4n) is 1.32. The molecule has 0 saturated heterocycles. The molecule has 0 aromatic carbocycles. The highest BCUT2D eigenvalue weighted by Crippen LogP contribution is 2.30. The molecule has 1 aliphatic carbocycles. The molecule has 0 aliphatic heterocycles. The summed E-state index contributed by atoms with van der Waals surface area (Å²) in [5.41, 5.74) is 0. The van der Waals surface area contributed by atoms with Crippen molar-refractivity contribution < 1.29 is 9.90 Å². The van der Waals surface area contributed by atoms with Gasteiger partial charge < -0.3 is 5.11 Å². The number of aliphatic carboxylic acids is 1. The number of hydrogen-bond donors (Lipinski definition) is 1. The van der Waals surface area contributed by atoms with E-state index in [4.69, 9.17) is 5.11 Å². The van der Waals surface area contributed by atoms with Gasteiger partial charge in [0.05, 0.1) is 0 Å². The van der Waals surface area contributed by atoms with Crippen LogP contribution in [-0.2, 0) is 4.79 Å². The van der Waals surface area contributed by atoms with Crippen LogP contribution < -0.4 is 0 Å². The average molecular weight is 142 g/mol. The highest BCUT2D eigenvalue weighted by Gasteiger charge is 2.16. The van der Waals surface area contributed by atoms with Crippen molar-refractivity contribution in [2.75, 3.05) is 0 Å². The molecule has 1 N–H and O–H groups in total. The quantitative estimate of drug-likeness (QED) is 0.652. The van der Waals surface area contributed by atoms with Gasteiger partial charge in [-0.05, 0) is 18.8 Å². The predicted molar refractivity (Wildman–Crippen MR) is 38.8 cm³/mol. The number of carboxylic acids is 1. The Morgan fingerprint density at radius 1 is 1.50 bits per heavy atom. The SMILES string of the molecule is O=C(O)CCCC1CCC1. The molecule has 0 unspecified atom stereocenters. The van der Waals surface area contributed by atoms with Gasteiger partial charge in [-0.1, -0.05) is 19.3 Å². The van der Waals surface area contributed by atoms with E-state index in [9.17, 15) is 4.79 Å². The lowest BCUT2D eigenvalue weighted by Crippen LogP contribution is -2.11. The van der Waals surface area contributed by atoms with Crippen LogP contribution in [0.5, 0.6) is 0 Å². The molecule has 2 heteroatoms. The molecular weight excluding hydrogens is 128 g/mol. The Bertz CT molecular complexity index is 116. The van der Waals surface area contributed by atoms with Crippen LogP contribution in [0.2, 0.25) is 0 Å².